The third-order valence-electron chi connectivity index (χ3n) is 3.60. The first kappa shape index (κ1) is 12.8. The summed E-state index contributed by atoms with van der Waals surface area (Å²) < 4.78 is 0. The molecule has 0 aliphatic carbocycles. The summed E-state index contributed by atoms with van der Waals surface area (Å²) >= 11 is 0. The highest BCUT2D eigenvalue weighted by molar-refractivity contribution is 5.80. The summed E-state index contributed by atoms with van der Waals surface area (Å²) in [5.41, 5.74) is 2.38. The van der Waals surface area contributed by atoms with Crippen molar-refractivity contribution in [3.63, 3.8) is 0 Å². The van der Waals surface area contributed by atoms with Gasteiger partial charge in [-0.2, -0.15) is 0 Å². The number of benzene rings is 1. The molecule has 18 heavy (non-hydrogen) atoms. The van der Waals surface area contributed by atoms with E-state index in [4.69, 9.17) is 5.11 Å². The fourth-order valence-corrected chi connectivity index (χ4v) is 2.46. The van der Waals surface area contributed by atoms with Crippen molar-refractivity contribution in [3.8, 4) is 0 Å². The van der Waals surface area contributed by atoms with Gasteiger partial charge in [0.15, 0.2) is 0 Å². The molecule has 0 bridgehead atoms. The van der Waals surface area contributed by atoms with E-state index in [0.29, 0.717) is 6.04 Å². The Kier molecular flexibility index (Phi) is 4.15. The summed E-state index contributed by atoms with van der Waals surface area (Å²) in [6.07, 6.45) is 3.09. The molecule has 2 rings (SSSR count). The van der Waals surface area contributed by atoms with Crippen molar-refractivity contribution in [3.05, 3.63) is 47.5 Å². The van der Waals surface area contributed by atoms with Crippen LogP contribution in [-0.2, 0) is 4.79 Å². The van der Waals surface area contributed by atoms with Gasteiger partial charge in [-0.05, 0) is 25.3 Å². The quantitative estimate of drug-likeness (QED) is 0.832. The highest BCUT2D eigenvalue weighted by Crippen LogP contribution is 2.25. The smallest absolute Gasteiger partial charge is 0.328 e. The molecule has 1 saturated heterocycles. The molecule has 1 aromatic carbocycles. The average Bonchev–Trinajstić information content (AvgIpc) is 2.39. The van der Waals surface area contributed by atoms with Crippen molar-refractivity contribution in [1.29, 1.82) is 0 Å². The zero-order valence-corrected chi connectivity index (χ0v) is 10.7. The third-order valence-corrected chi connectivity index (χ3v) is 3.60. The molecule has 0 saturated carbocycles. The second-order valence-corrected chi connectivity index (χ2v) is 4.76. The average molecular weight is 245 g/mol. The lowest BCUT2D eigenvalue weighted by molar-refractivity contribution is -0.131. The van der Waals surface area contributed by atoms with Crippen molar-refractivity contribution in [2.24, 2.45) is 0 Å². The summed E-state index contributed by atoms with van der Waals surface area (Å²) in [6, 6.07) is 10.8. The minimum Gasteiger partial charge on any atom is -0.478 e. The maximum absolute atomic E-state index is 10.6. The molecule has 1 aromatic rings. The highest BCUT2D eigenvalue weighted by Gasteiger charge is 2.20. The molecule has 1 heterocycles. The van der Waals surface area contributed by atoms with Crippen LogP contribution in [0.2, 0.25) is 0 Å². The van der Waals surface area contributed by atoms with E-state index in [2.05, 4.69) is 36.1 Å². The molecular weight excluding hydrogens is 226 g/mol. The topological polar surface area (TPSA) is 40.5 Å². The zero-order valence-electron chi connectivity index (χ0n) is 10.7. The van der Waals surface area contributed by atoms with Gasteiger partial charge in [0.1, 0.15) is 0 Å². The molecule has 1 atom stereocenters. The molecule has 0 spiro atoms. The number of likely N-dealkylation sites (tertiary alicyclic amines) is 1. The van der Waals surface area contributed by atoms with Crippen LogP contribution in [-0.4, -0.2) is 29.1 Å². The van der Waals surface area contributed by atoms with E-state index >= 15 is 0 Å². The fraction of sp³-hybridized carbons (Fsp3) is 0.400. The molecule has 0 aromatic heterocycles. The van der Waals surface area contributed by atoms with Crippen molar-refractivity contribution < 1.29 is 9.90 Å². The number of carbonyl (C=O) groups is 1. The van der Waals surface area contributed by atoms with Gasteiger partial charge in [0.2, 0.25) is 0 Å². The van der Waals surface area contributed by atoms with Crippen LogP contribution in [0.4, 0.5) is 0 Å². The lowest BCUT2D eigenvalue weighted by atomic mass is 9.99. The summed E-state index contributed by atoms with van der Waals surface area (Å²) in [7, 11) is 0. The Labute approximate surface area is 108 Å². The van der Waals surface area contributed by atoms with E-state index in [1.165, 1.54) is 11.6 Å². The lowest BCUT2D eigenvalue weighted by Gasteiger charge is -2.33. The number of rotatable bonds is 3. The molecule has 1 unspecified atom stereocenters. The molecular formula is C15H19NO2. The van der Waals surface area contributed by atoms with E-state index in [9.17, 15) is 4.79 Å². The van der Waals surface area contributed by atoms with E-state index in [0.717, 1.165) is 31.5 Å². The number of hydrogen-bond acceptors (Lipinski definition) is 2. The van der Waals surface area contributed by atoms with Crippen molar-refractivity contribution >= 4 is 5.97 Å². The van der Waals surface area contributed by atoms with E-state index in [1.54, 1.807) is 0 Å². The van der Waals surface area contributed by atoms with E-state index in [1.807, 2.05) is 6.07 Å². The largest absolute Gasteiger partial charge is 0.478 e. The third kappa shape index (κ3) is 3.20. The Hall–Kier alpha value is -1.61. The first-order valence-corrected chi connectivity index (χ1v) is 6.38. The predicted octanol–water partition coefficient (Wildman–Crippen LogP) is 2.85. The Morgan fingerprint density at radius 1 is 1.28 bits per heavy atom. The van der Waals surface area contributed by atoms with E-state index < -0.39 is 5.97 Å². The first-order valence-electron chi connectivity index (χ1n) is 6.38. The van der Waals surface area contributed by atoms with Crippen LogP contribution in [0.3, 0.4) is 0 Å². The molecule has 0 amide bonds. The van der Waals surface area contributed by atoms with Crippen LogP contribution in [0.5, 0.6) is 0 Å². The van der Waals surface area contributed by atoms with Gasteiger partial charge < -0.3 is 5.11 Å². The van der Waals surface area contributed by atoms with Crippen LogP contribution in [0, 0.1) is 0 Å². The Balaban J connectivity index is 1.96. The molecule has 3 nitrogen and oxygen atoms in total. The summed E-state index contributed by atoms with van der Waals surface area (Å²) in [5.74, 6) is -0.824. The molecule has 1 aliphatic heterocycles. The van der Waals surface area contributed by atoms with Crippen LogP contribution < -0.4 is 0 Å². The molecule has 1 N–H and O–H groups in total. The van der Waals surface area contributed by atoms with Crippen molar-refractivity contribution in [2.45, 2.75) is 25.8 Å². The van der Waals surface area contributed by atoms with Crippen LogP contribution in [0.15, 0.2) is 42.0 Å². The number of hydrogen-bond donors (Lipinski definition) is 1. The molecule has 3 heteroatoms. The van der Waals surface area contributed by atoms with Crippen molar-refractivity contribution in [2.75, 3.05) is 13.1 Å². The van der Waals surface area contributed by atoms with Gasteiger partial charge in [-0.3, -0.25) is 4.90 Å². The maximum atomic E-state index is 10.6. The van der Waals surface area contributed by atoms with Gasteiger partial charge in [-0.1, -0.05) is 35.9 Å². The zero-order chi connectivity index (χ0) is 13.0. The fourth-order valence-electron chi connectivity index (χ4n) is 2.46. The normalized spacial score (nSPS) is 18.4. The van der Waals surface area contributed by atoms with Crippen molar-refractivity contribution in [1.82, 2.24) is 4.90 Å². The van der Waals surface area contributed by atoms with Crippen LogP contribution in [0.1, 0.15) is 31.4 Å². The molecule has 96 valence electrons. The first-order chi connectivity index (χ1) is 8.66. The SMILES string of the molecule is CC(c1ccccc1)N1CCC(=CC(=O)O)CC1. The monoisotopic (exact) mass is 245 g/mol. The number of nitrogens with zero attached hydrogens (tertiary/aromatic N) is 1. The molecule has 1 aliphatic rings. The lowest BCUT2D eigenvalue weighted by Crippen LogP contribution is -2.33. The van der Waals surface area contributed by atoms with Gasteiger partial charge in [-0.25, -0.2) is 4.79 Å². The second-order valence-electron chi connectivity index (χ2n) is 4.76. The summed E-state index contributed by atoms with van der Waals surface area (Å²) in [5, 5.41) is 8.73. The maximum Gasteiger partial charge on any atom is 0.328 e. The predicted molar refractivity (Wildman–Crippen MR) is 71.4 cm³/mol. The van der Waals surface area contributed by atoms with Gasteiger partial charge in [0.25, 0.3) is 0 Å². The van der Waals surface area contributed by atoms with E-state index in [-0.39, 0.29) is 0 Å². The van der Waals surface area contributed by atoms with Crippen LogP contribution >= 0.6 is 0 Å². The standard InChI is InChI=1S/C15H19NO2/c1-12(14-5-3-2-4-6-14)16-9-7-13(8-10-16)11-15(17)18/h2-6,11-12H,7-10H2,1H3,(H,17,18). The summed E-state index contributed by atoms with van der Waals surface area (Å²) in [4.78, 5) is 13.0. The van der Waals surface area contributed by atoms with Crippen LogP contribution in [0.25, 0.3) is 0 Å². The minimum absolute atomic E-state index is 0.401. The minimum atomic E-state index is -0.824. The number of piperidine rings is 1. The Morgan fingerprint density at radius 3 is 2.44 bits per heavy atom. The van der Waals surface area contributed by atoms with Gasteiger partial charge in [0.05, 0.1) is 0 Å². The Bertz CT molecular complexity index is 429. The number of carboxylic acid groups (broad SMARTS) is 1. The van der Waals surface area contributed by atoms with Gasteiger partial charge >= 0.3 is 5.97 Å². The molecule has 1 fully saturated rings. The summed E-state index contributed by atoms with van der Waals surface area (Å²) in [6.45, 7) is 4.09. The second kappa shape index (κ2) is 5.83. The number of aliphatic carboxylic acids is 1. The highest BCUT2D eigenvalue weighted by atomic mass is 16.4. The molecule has 0 radical (unpaired) electrons. The van der Waals surface area contributed by atoms with Gasteiger partial charge in [-0.15, -0.1) is 0 Å². The van der Waals surface area contributed by atoms with Gasteiger partial charge in [0, 0.05) is 25.2 Å². The number of carboxylic acids is 1. The Morgan fingerprint density at radius 2 is 1.89 bits per heavy atom.